The Morgan fingerprint density at radius 3 is 3.00 bits per heavy atom. The Morgan fingerprint density at radius 1 is 1.60 bits per heavy atom. The normalized spacial score (nSPS) is 17.1. The van der Waals surface area contributed by atoms with E-state index in [0.717, 1.165) is 5.92 Å². The Bertz CT molecular complexity index is 338. The van der Waals surface area contributed by atoms with Gasteiger partial charge >= 0.3 is 0 Å². The number of halogens is 1. The van der Waals surface area contributed by atoms with Crippen molar-refractivity contribution >= 4 is 21.8 Å². The Morgan fingerprint density at radius 2 is 2.40 bits per heavy atom. The highest BCUT2D eigenvalue weighted by atomic mass is 79.9. The zero-order chi connectivity index (χ0) is 10.7. The Balaban J connectivity index is 1.82. The van der Waals surface area contributed by atoms with Crippen LogP contribution in [0.15, 0.2) is 24.4 Å². The van der Waals surface area contributed by atoms with Crippen LogP contribution in [0.3, 0.4) is 0 Å². The number of nitrogens with zero attached hydrogens (tertiary/aromatic N) is 1. The maximum Gasteiger partial charge on any atom is 0.269 e. The van der Waals surface area contributed by atoms with E-state index >= 15 is 0 Å². The molecule has 0 aromatic carbocycles. The molecule has 2 rings (SSSR count). The highest BCUT2D eigenvalue weighted by Crippen LogP contribution is 2.36. The standard InChI is InChI=1S/C11H13BrN2O/c12-9(8-4-5-8)7-14-11(15)10-3-1-2-6-13-10/h1-3,6,8-9H,4-5,7H2,(H,14,15). The summed E-state index contributed by atoms with van der Waals surface area (Å²) in [6.45, 7) is 0.681. The van der Waals surface area contributed by atoms with Crippen molar-refractivity contribution in [2.24, 2.45) is 5.92 Å². The van der Waals surface area contributed by atoms with Crippen LogP contribution >= 0.6 is 15.9 Å². The highest BCUT2D eigenvalue weighted by molar-refractivity contribution is 9.09. The Kier molecular flexibility index (Phi) is 3.36. The highest BCUT2D eigenvalue weighted by Gasteiger charge is 2.29. The van der Waals surface area contributed by atoms with E-state index in [4.69, 9.17) is 0 Å². The summed E-state index contributed by atoms with van der Waals surface area (Å²) < 4.78 is 0. The van der Waals surface area contributed by atoms with Crippen LogP contribution in [0.25, 0.3) is 0 Å². The molecular formula is C11H13BrN2O. The lowest BCUT2D eigenvalue weighted by Gasteiger charge is -2.09. The van der Waals surface area contributed by atoms with Gasteiger partial charge in [-0.05, 0) is 30.9 Å². The lowest BCUT2D eigenvalue weighted by Crippen LogP contribution is -2.30. The quantitative estimate of drug-likeness (QED) is 0.849. The van der Waals surface area contributed by atoms with E-state index in [0.29, 0.717) is 17.1 Å². The van der Waals surface area contributed by atoms with Crippen LogP contribution in [0.1, 0.15) is 23.3 Å². The fraction of sp³-hybridized carbons (Fsp3) is 0.455. The fourth-order valence-electron chi connectivity index (χ4n) is 1.40. The van der Waals surface area contributed by atoms with Crippen LogP contribution in [0, 0.1) is 5.92 Å². The summed E-state index contributed by atoms with van der Waals surface area (Å²) >= 11 is 3.57. The number of rotatable bonds is 4. The molecule has 1 unspecified atom stereocenters. The first-order valence-electron chi connectivity index (χ1n) is 5.10. The van der Waals surface area contributed by atoms with Crippen LogP contribution < -0.4 is 5.32 Å². The minimum atomic E-state index is -0.0966. The minimum Gasteiger partial charge on any atom is -0.350 e. The molecule has 1 aromatic heterocycles. The molecule has 1 aliphatic rings. The van der Waals surface area contributed by atoms with Crippen molar-refractivity contribution in [3.63, 3.8) is 0 Å². The van der Waals surface area contributed by atoms with Gasteiger partial charge in [-0.2, -0.15) is 0 Å². The molecule has 0 saturated heterocycles. The van der Waals surface area contributed by atoms with Crippen LogP contribution in [0.5, 0.6) is 0 Å². The molecule has 1 saturated carbocycles. The van der Waals surface area contributed by atoms with Gasteiger partial charge in [0.15, 0.2) is 0 Å². The second kappa shape index (κ2) is 4.75. The van der Waals surface area contributed by atoms with Gasteiger partial charge in [0.25, 0.3) is 5.91 Å². The molecule has 1 aliphatic carbocycles. The molecule has 1 atom stereocenters. The molecule has 0 bridgehead atoms. The van der Waals surface area contributed by atoms with E-state index in [1.54, 1.807) is 18.3 Å². The largest absolute Gasteiger partial charge is 0.350 e. The maximum absolute atomic E-state index is 11.6. The summed E-state index contributed by atoms with van der Waals surface area (Å²) in [6.07, 6.45) is 4.17. The number of aromatic nitrogens is 1. The Labute approximate surface area is 97.4 Å². The summed E-state index contributed by atoms with van der Waals surface area (Å²) in [6, 6.07) is 5.33. The Hall–Kier alpha value is -0.900. The van der Waals surface area contributed by atoms with E-state index in [9.17, 15) is 4.79 Å². The van der Waals surface area contributed by atoms with Crippen molar-refractivity contribution < 1.29 is 4.79 Å². The number of pyridine rings is 1. The first kappa shape index (κ1) is 10.6. The molecule has 80 valence electrons. The van der Waals surface area contributed by atoms with Crippen LogP contribution in [0.2, 0.25) is 0 Å². The van der Waals surface area contributed by atoms with Gasteiger partial charge in [0.2, 0.25) is 0 Å². The number of nitrogens with one attached hydrogen (secondary N) is 1. The summed E-state index contributed by atoms with van der Waals surface area (Å²) in [4.78, 5) is 16.0. The smallest absolute Gasteiger partial charge is 0.269 e. The van der Waals surface area contributed by atoms with Crippen LogP contribution in [-0.4, -0.2) is 22.3 Å². The number of hydrogen-bond acceptors (Lipinski definition) is 2. The van der Waals surface area contributed by atoms with Gasteiger partial charge in [-0.25, -0.2) is 0 Å². The van der Waals surface area contributed by atoms with Gasteiger partial charge in [-0.1, -0.05) is 22.0 Å². The second-order valence-electron chi connectivity index (χ2n) is 3.78. The van der Waals surface area contributed by atoms with Gasteiger partial charge in [-0.15, -0.1) is 0 Å². The second-order valence-corrected chi connectivity index (χ2v) is 4.95. The SMILES string of the molecule is O=C(NCC(Br)C1CC1)c1ccccn1. The van der Waals surface area contributed by atoms with E-state index in [-0.39, 0.29) is 5.91 Å². The first-order valence-corrected chi connectivity index (χ1v) is 6.02. The molecule has 0 spiro atoms. The molecule has 3 nitrogen and oxygen atoms in total. The number of carbonyl (C=O) groups excluding carboxylic acids is 1. The summed E-state index contributed by atoms with van der Waals surface area (Å²) in [5, 5.41) is 2.87. The van der Waals surface area contributed by atoms with Crippen molar-refractivity contribution in [3.8, 4) is 0 Å². The predicted molar refractivity (Wildman–Crippen MR) is 62.0 cm³/mol. The lowest BCUT2D eigenvalue weighted by atomic mass is 10.3. The molecule has 1 amide bonds. The zero-order valence-corrected chi connectivity index (χ0v) is 9.90. The predicted octanol–water partition coefficient (Wildman–Crippen LogP) is 1.98. The molecule has 4 heteroatoms. The third-order valence-corrected chi connectivity index (χ3v) is 3.56. The minimum absolute atomic E-state index is 0.0966. The summed E-state index contributed by atoms with van der Waals surface area (Å²) in [7, 11) is 0. The molecule has 0 radical (unpaired) electrons. The van der Waals surface area contributed by atoms with Crippen molar-refractivity contribution in [2.45, 2.75) is 17.7 Å². The summed E-state index contributed by atoms with van der Waals surface area (Å²) in [5.74, 6) is 0.648. The number of amides is 1. The number of alkyl halides is 1. The molecular weight excluding hydrogens is 256 g/mol. The molecule has 1 heterocycles. The maximum atomic E-state index is 11.6. The third-order valence-electron chi connectivity index (χ3n) is 2.49. The average molecular weight is 269 g/mol. The van der Waals surface area contributed by atoms with Gasteiger partial charge < -0.3 is 5.32 Å². The molecule has 1 aromatic rings. The molecule has 1 N–H and O–H groups in total. The van der Waals surface area contributed by atoms with Crippen molar-refractivity contribution in [1.82, 2.24) is 10.3 Å². The average Bonchev–Trinajstić information content (AvgIpc) is 3.10. The van der Waals surface area contributed by atoms with Gasteiger partial charge in [-0.3, -0.25) is 9.78 Å². The van der Waals surface area contributed by atoms with E-state index in [1.165, 1.54) is 12.8 Å². The number of hydrogen-bond donors (Lipinski definition) is 1. The van der Waals surface area contributed by atoms with E-state index in [1.807, 2.05) is 6.07 Å². The van der Waals surface area contributed by atoms with Gasteiger partial charge in [0, 0.05) is 17.6 Å². The van der Waals surface area contributed by atoms with E-state index in [2.05, 4.69) is 26.2 Å². The lowest BCUT2D eigenvalue weighted by molar-refractivity contribution is 0.0948. The summed E-state index contributed by atoms with van der Waals surface area (Å²) in [5.41, 5.74) is 0.480. The molecule has 15 heavy (non-hydrogen) atoms. The first-order chi connectivity index (χ1) is 7.27. The third kappa shape index (κ3) is 3.02. The van der Waals surface area contributed by atoms with Gasteiger partial charge in [0.05, 0.1) is 0 Å². The topological polar surface area (TPSA) is 42.0 Å². The number of carbonyl (C=O) groups is 1. The van der Waals surface area contributed by atoms with E-state index < -0.39 is 0 Å². The molecule has 0 aliphatic heterocycles. The van der Waals surface area contributed by atoms with Crippen molar-refractivity contribution in [2.75, 3.05) is 6.54 Å². The van der Waals surface area contributed by atoms with Crippen LogP contribution in [0.4, 0.5) is 0 Å². The fourth-order valence-corrected chi connectivity index (χ4v) is 2.09. The van der Waals surface area contributed by atoms with Crippen molar-refractivity contribution in [1.29, 1.82) is 0 Å². The zero-order valence-electron chi connectivity index (χ0n) is 8.32. The van der Waals surface area contributed by atoms with Crippen LogP contribution in [-0.2, 0) is 0 Å². The van der Waals surface area contributed by atoms with Gasteiger partial charge in [0.1, 0.15) is 5.69 Å². The van der Waals surface area contributed by atoms with Crippen molar-refractivity contribution in [3.05, 3.63) is 30.1 Å². The molecule has 1 fully saturated rings. The monoisotopic (exact) mass is 268 g/mol.